The molecule has 1 heterocycles. The molecule has 0 atom stereocenters. The molecule has 120 valence electrons. The largest absolute Gasteiger partial charge is 0.506 e. The topological polar surface area (TPSA) is 45.1 Å². The lowest BCUT2D eigenvalue weighted by molar-refractivity contribution is 0.122. The third-order valence-electron chi connectivity index (χ3n) is 3.64. The van der Waals surface area contributed by atoms with E-state index in [1.807, 2.05) is 24.3 Å². The number of rotatable bonds is 3. The molecule has 0 aromatic heterocycles. The molecule has 1 saturated heterocycles. The predicted octanol–water partition coefficient (Wildman–Crippen LogP) is 4.40. The van der Waals surface area contributed by atoms with Gasteiger partial charge in [0.1, 0.15) is 5.75 Å². The van der Waals surface area contributed by atoms with E-state index in [2.05, 4.69) is 25.8 Å². The second-order valence-electron chi connectivity index (χ2n) is 5.20. The highest BCUT2D eigenvalue weighted by Gasteiger charge is 2.10. The van der Waals surface area contributed by atoms with Crippen molar-refractivity contribution >= 4 is 45.1 Å². The maximum Gasteiger partial charge on any atom is 0.143 e. The Bertz CT molecular complexity index is 713. The van der Waals surface area contributed by atoms with Gasteiger partial charge in [0.05, 0.1) is 23.9 Å². The van der Waals surface area contributed by atoms with Crippen molar-refractivity contribution in [2.45, 2.75) is 0 Å². The molecule has 0 aliphatic carbocycles. The van der Waals surface area contributed by atoms with Crippen LogP contribution in [-0.4, -0.2) is 37.6 Å². The Morgan fingerprint density at radius 1 is 1.17 bits per heavy atom. The van der Waals surface area contributed by atoms with Crippen molar-refractivity contribution in [3.05, 3.63) is 51.5 Å². The van der Waals surface area contributed by atoms with Gasteiger partial charge in [-0.3, -0.25) is 4.99 Å². The summed E-state index contributed by atoms with van der Waals surface area (Å²) in [5, 5.41) is 10.2. The molecule has 0 spiro atoms. The molecule has 0 bridgehead atoms. The minimum atomic E-state index is 0.0311. The Morgan fingerprint density at radius 2 is 1.87 bits per heavy atom. The van der Waals surface area contributed by atoms with Gasteiger partial charge in [-0.25, -0.2) is 0 Å². The average molecular weight is 396 g/mol. The van der Waals surface area contributed by atoms with Crippen molar-refractivity contribution in [1.82, 2.24) is 0 Å². The van der Waals surface area contributed by atoms with Crippen LogP contribution in [0.25, 0.3) is 0 Å². The Morgan fingerprint density at radius 3 is 2.57 bits per heavy atom. The summed E-state index contributed by atoms with van der Waals surface area (Å²) in [6, 6.07) is 11.4. The summed E-state index contributed by atoms with van der Waals surface area (Å²) in [6.45, 7) is 3.35. The molecule has 1 fully saturated rings. The van der Waals surface area contributed by atoms with E-state index in [0.29, 0.717) is 10.6 Å². The number of halogens is 2. The molecule has 1 N–H and O–H groups in total. The number of hydrogen-bond donors (Lipinski definition) is 1. The fourth-order valence-corrected chi connectivity index (χ4v) is 3.23. The van der Waals surface area contributed by atoms with Crippen LogP contribution in [0.15, 0.2) is 45.9 Å². The third-order valence-corrected chi connectivity index (χ3v) is 4.38. The summed E-state index contributed by atoms with van der Waals surface area (Å²) in [5.41, 5.74) is 2.56. The van der Waals surface area contributed by atoms with Crippen molar-refractivity contribution in [3.63, 3.8) is 0 Å². The molecule has 0 saturated carbocycles. The molecule has 23 heavy (non-hydrogen) atoms. The number of nitrogens with zero attached hydrogens (tertiary/aromatic N) is 2. The Hall–Kier alpha value is -1.56. The summed E-state index contributed by atoms with van der Waals surface area (Å²) < 4.78 is 6.16. The number of aliphatic imine (C=N–C) groups is 1. The van der Waals surface area contributed by atoms with Gasteiger partial charge in [-0.2, -0.15) is 0 Å². The van der Waals surface area contributed by atoms with Crippen LogP contribution in [0, 0.1) is 0 Å². The van der Waals surface area contributed by atoms with Gasteiger partial charge >= 0.3 is 0 Å². The Labute approximate surface area is 148 Å². The smallest absolute Gasteiger partial charge is 0.143 e. The van der Waals surface area contributed by atoms with Gasteiger partial charge in [-0.1, -0.05) is 27.5 Å². The van der Waals surface area contributed by atoms with Crippen LogP contribution in [0.5, 0.6) is 5.75 Å². The van der Waals surface area contributed by atoms with Gasteiger partial charge < -0.3 is 14.7 Å². The lowest BCUT2D eigenvalue weighted by atomic mass is 10.2. The molecule has 6 heteroatoms. The molecule has 2 aromatic carbocycles. The Balaban J connectivity index is 1.75. The summed E-state index contributed by atoms with van der Waals surface area (Å²) in [5.74, 6) is 0.0311. The van der Waals surface area contributed by atoms with Crippen LogP contribution in [0.1, 0.15) is 5.56 Å². The second-order valence-corrected chi connectivity index (χ2v) is 6.52. The molecular formula is C17H16BrClN2O2. The summed E-state index contributed by atoms with van der Waals surface area (Å²) in [4.78, 5) is 6.69. The number of phenols is 1. The lowest BCUT2D eigenvalue weighted by Gasteiger charge is -2.28. The SMILES string of the molecule is Oc1c(Cl)cc(Br)cc1C=Nc1ccc(N2CCOCC2)cc1. The number of aromatic hydroxyl groups is 1. The predicted molar refractivity (Wildman–Crippen MR) is 97.5 cm³/mol. The monoisotopic (exact) mass is 394 g/mol. The van der Waals surface area contributed by atoms with Crippen molar-refractivity contribution in [2.75, 3.05) is 31.2 Å². The van der Waals surface area contributed by atoms with Crippen molar-refractivity contribution in [1.29, 1.82) is 0 Å². The van der Waals surface area contributed by atoms with Gasteiger partial charge in [0, 0.05) is 35.0 Å². The fourth-order valence-electron chi connectivity index (χ4n) is 2.40. The maximum atomic E-state index is 9.95. The normalized spacial score (nSPS) is 15.3. The molecule has 1 aliphatic rings. The van der Waals surface area contributed by atoms with Crippen LogP contribution in [0.3, 0.4) is 0 Å². The van der Waals surface area contributed by atoms with Gasteiger partial charge in [0.25, 0.3) is 0 Å². The van der Waals surface area contributed by atoms with Crippen molar-refractivity contribution in [3.8, 4) is 5.75 Å². The highest BCUT2D eigenvalue weighted by atomic mass is 79.9. The Kier molecular flexibility index (Phi) is 5.20. The minimum Gasteiger partial charge on any atom is -0.506 e. The van der Waals surface area contributed by atoms with Gasteiger partial charge in [0.2, 0.25) is 0 Å². The highest BCUT2D eigenvalue weighted by Crippen LogP contribution is 2.30. The van der Waals surface area contributed by atoms with Gasteiger partial charge in [0.15, 0.2) is 0 Å². The lowest BCUT2D eigenvalue weighted by Crippen LogP contribution is -2.36. The zero-order valence-corrected chi connectivity index (χ0v) is 14.7. The first-order chi connectivity index (χ1) is 11.1. The molecule has 3 rings (SSSR count). The van der Waals surface area contributed by atoms with Crippen LogP contribution in [-0.2, 0) is 4.74 Å². The van der Waals surface area contributed by atoms with E-state index in [-0.39, 0.29) is 5.75 Å². The molecular weight excluding hydrogens is 380 g/mol. The third kappa shape index (κ3) is 4.05. The maximum absolute atomic E-state index is 9.95. The molecule has 4 nitrogen and oxygen atoms in total. The molecule has 0 unspecified atom stereocenters. The standard InChI is InChI=1S/C17H16BrClN2O2/c18-13-9-12(17(22)16(19)10-13)11-20-14-1-3-15(4-2-14)21-5-7-23-8-6-21/h1-4,9-11,22H,5-8H2. The first-order valence-electron chi connectivity index (χ1n) is 7.28. The molecule has 0 radical (unpaired) electrons. The van der Waals surface area contributed by atoms with E-state index in [9.17, 15) is 5.11 Å². The summed E-state index contributed by atoms with van der Waals surface area (Å²) in [7, 11) is 0. The first-order valence-corrected chi connectivity index (χ1v) is 8.45. The number of morpholine rings is 1. The highest BCUT2D eigenvalue weighted by molar-refractivity contribution is 9.10. The fraction of sp³-hybridized carbons (Fsp3) is 0.235. The molecule has 2 aromatic rings. The number of benzene rings is 2. The van der Waals surface area contributed by atoms with E-state index < -0.39 is 0 Å². The van der Waals surface area contributed by atoms with Gasteiger partial charge in [-0.05, 0) is 36.4 Å². The van der Waals surface area contributed by atoms with E-state index in [0.717, 1.165) is 36.5 Å². The van der Waals surface area contributed by atoms with Crippen LogP contribution in [0.4, 0.5) is 11.4 Å². The molecule has 1 aliphatic heterocycles. The van der Waals surface area contributed by atoms with Crippen LogP contribution < -0.4 is 4.90 Å². The molecule has 0 amide bonds. The summed E-state index contributed by atoms with van der Waals surface area (Å²) in [6.07, 6.45) is 1.61. The zero-order valence-electron chi connectivity index (χ0n) is 12.4. The average Bonchev–Trinajstić information content (AvgIpc) is 2.58. The van der Waals surface area contributed by atoms with E-state index >= 15 is 0 Å². The first kappa shape index (κ1) is 16.3. The number of anilines is 1. The number of hydrogen-bond acceptors (Lipinski definition) is 4. The second kappa shape index (κ2) is 7.34. The van der Waals surface area contributed by atoms with E-state index in [1.165, 1.54) is 5.69 Å². The van der Waals surface area contributed by atoms with Crippen LogP contribution >= 0.6 is 27.5 Å². The van der Waals surface area contributed by atoms with E-state index in [1.54, 1.807) is 18.3 Å². The quantitative estimate of drug-likeness (QED) is 0.784. The number of phenolic OH excluding ortho intramolecular Hbond substituents is 1. The van der Waals surface area contributed by atoms with Crippen molar-refractivity contribution in [2.24, 2.45) is 4.99 Å². The van der Waals surface area contributed by atoms with Crippen LogP contribution in [0.2, 0.25) is 5.02 Å². The van der Waals surface area contributed by atoms with E-state index in [4.69, 9.17) is 16.3 Å². The number of ether oxygens (including phenoxy) is 1. The van der Waals surface area contributed by atoms with Gasteiger partial charge in [-0.15, -0.1) is 0 Å². The zero-order chi connectivity index (χ0) is 16.2. The van der Waals surface area contributed by atoms with Crippen molar-refractivity contribution < 1.29 is 9.84 Å². The minimum absolute atomic E-state index is 0.0311. The summed E-state index contributed by atoms with van der Waals surface area (Å²) >= 11 is 9.30.